The van der Waals surface area contributed by atoms with E-state index in [1.807, 2.05) is 30.0 Å². The van der Waals surface area contributed by atoms with Gasteiger partial charge in [-0.25, -0.2) is 8.78 Å². The fraction of sp³-hybridized carbons (Fsp3) is 0.238. The first-order chi connectivity index (χ1) is 13.4. The molecule has 0 saturated carbocycles. The van der Waals surface area contributed by atoms with Gasteiger partial charge in [-0.3, -0.25) is 9.59 Å². The summed E-state index contributed by atoms with van der Waals surface area (Å²) in [7, 11) is 0. The van der Waals surface area contributed by atoms with Crippen LogP contribution in [0.1, 0.15) is 41.9 Å². The first kappa shape index (κ1) is 18.2. The highest BCUT2D eigenvalue weighted by Crippen LogP contribution is 2.28. The predicted molar refractivity (Wildman–Crippen MR) is 102 cm³/mol. The van der Waals surface area contributed by atoms with Crippen molar-refractivity contribution in [2.45, 2.75) is 25.8 Å². The normalized spacial score (nSPS) is 15.2. The van der Waals surface area contributed by atoms with Crippen LogP contribution in [0.25, 0.3) is 10.9 Å². The van der Waals surface area contributed by atoms with Gasteiger partial charge in [-0.1, -0.05) is 6.07 Å². The summed E-state index contributed by atoms with van der Waals surface area (Å²) < 4.78 is 26.6. The summed E-state index contributed by atoms with van der Waals surface area (Å²) in [6.07, 6.45) is 1.46. The van der Waals surface area contributed by atoms with E-state index in [4.69, 9.17) is 0 Å². The molecule has 0 radical (unpaired) electrons. The summed E-state index contributed by atoms with van der Waals surface area (Å²) >= 11 is 0. The largest absolute Gasteiger partial charge is 0.351 e. The fourth-order valence-electron chi connectivity index (χ4n) is 3.62. The van der Waals surface area contributed by atoms with E-state index in [1.54, 1.807) is 6.07 Å². The zero-order chi connectivity index (χ0) is 19.8. The minimum absolute atomic E-state index is 0.0400. The number of anilines is 1. The third-order valence-corrected chi connectivity index (χ3v) is 5.07. The summed E-state index contributed by atoms with van der Waals surface area (Å²) in [5.41, 5.74) is 2.07. The molecule has 2 heterocycles. The molecule has 144 valence electrons. The highest BCUT2D eigenvalue weighted by molar-refractivity contribution is 6.06. The van der Waals surface area contributed by atoms with Gasteiger partial charge in [-0.2, -0.15) is 0 Å². The zero-order valence-corrected chi connectivity index (χ0v) is 15.3. The van der Waals surface area contributed by atoms with Crippen molar-refractivity contribution >= 4 is 28.4 Å². The molecule has 0 aliphatic carbocycles. The molecule has 7 heteroatoms. The number of benzene rings is 2. The van der Waals surface area contributed by atoms with E-state index in [9.17, 15) is 18.4 Å². The van der Waals surface area contributed by atoms with Crippen LogP contribution >= 0.6 is 0 Å². The van der Waals surface area contributed by atoms with Crippen molar-refractivity contribution in [2.24, 2.45) is 0 Å². The van der Waals surface area contributed by atoms with Gasteiger partial charge in [-0.05, 0) is 49.2 Å². The minimum atomic E-state index is -0.762. The average molecular weight is 383 g/mol. The van der Waals surface area contributed by atoms with Crippen LogP contribution in [-0.2, 0) is 4.79 Å². The Balaban J connectivity index is 1.57. The minimum Gasteiger partial charge on any atom is -0.351 e. The number of amides is 2. The predicted octanol–water partition coefficient (Wildman–Crippen LogP) is 4.38. The molecule has 0 spiro atoms. The summed E-state index contributed by atoms with van der Waals surface area (Å²) in [5, 5.41) is 3.31. The molecule has 1 unspecified atom stereocenters. The smallest absolute Gasteiger partial charge is 0.272 e. The van der Waals surface area contributed by atoms with Crippen molar-refractivity contribution in [1.29, 1.82) is 0 Å². The molecule has 2 amide bonds. The second-order valence-corrected chi connectivity index (χ2v) is 7.01. The molecule has 5 nitrogen and oxygen atoms in total. The number of hydrogen-bond acceptors (Lipinski definition) is 2. The molecule has 1 saturated heterocycles. The van der Waals surface area contributed by atoms with E-state index in [0.29, 0.717) is 6.42 Å². The lowest BCUT2D eigenvalue weighted by Crippen LogP contribution is -2.27. The average Bonchev–Trinajstić information content (AvgIpc) is 3.25. The molecule has 1 aliphatic heterocycles. The molecule has 1 fully saturated rings. The number of aromatic amines is 1. The number of H-pyrrole nitrogens is 1. The number of nitrogens with zero attached hydrogens (tertiary/aromatic N) is 1. The SMILES string of the molecule is CC(c1ccc2[nH]c(C(=O)Nc3cc(F)cc(F)c3)cc2c1)N1CCCC1=O. The van der Waals surface area contributed by atoms with Crippen LogP contribution in [0.5, 0.6) is 0 Å². The number of hydrogen-bond donors (Lipinski definition) is 2. The number of nitrogens with one attached hydrogen (secondary N) is 2. The van der Waals surface area contributed by atoms with Crippen molar-refractivity contribution < 1.29 is 18.4 Å². The van der Waals surface area contributed by atoms with Gasteiger partial charge in [0.15, 0.2) is 0 Å². The summed E-state index contributed by atoms with van der Waals surface area (Å²) in [5.74, 6) is -1.86. The Hall–Kier alpha value is -3.22. The molecule has 1 atom stereocenters. The van der Waals surface area contributed by atoms with Gasteiger partial charge in [0, 0.05) is 35.6 Å². The Labute approximate surface area is 160 Å². The van der Waals surface area contributed by atoms with Crippen molar-refractivity contribution in [2.75, 3.05) is 11.9 Å². The highest BCUT2D eigenvalue weighted by atomic mass is 19.1. The standard InChI is InChI=1S/C21H19F2N3O2/c1-12(26-6-2-3-20(26)27)13-4-5-18-14(7-13)8-19(25-18)21(28)24-17-10-15(22)9-16(23)11-17/h4-5,7-12,25H,2-3,6H2,1H3,(H,24,28). The lowest BCUT2D eigenvalue weighted by Gasteiger charge is -2.24. The Bertz CT molecular complexity index is 1060. The highest BCUT2D eigenvalue weighted by Gasteiger charge is 2.26. The maximum absolute atomic E-state index is 13.3. The molecule has 28 heavy (non-hydrogen) atoms. The fourth-order valence-corrected chi connectivity index (χ4v) is 3.62. The van der Waals surface area contributed by atoms with Crippen molar-refractivity contribution in [3.63, 3.8) is 0 Å². The van der Waals surface area contributed by atoms with Crippen LogP contribution in [0.4, 0.5) is 14.5 Å². The van der Waals surface area contributed by atoms with Crippen LogP contribution in [0, 0.1) is 11.6 Å². The van der Waals surface area contributed by atoms with Crippen LogP contribution in [-0.4, -0.2) is 28.2 Å². The number of likely N-dealkylation sites (tertiary alicyclic amines) is 1. The molecule has 1 aromatic heterocycles. The van der Waals surface area contributed by atoms with Gasteiger partial charge in [0.05, 0.1) is 6.04 Å². The molecule has 2 aromatic carbocycles. The number of carbonyl (C=O) groups excluding carboxylic acids is 2. The maximum Gasteiger partial charge on any atom is 0.272 e. The van der Waals surface area contributed by atoms with E-state index < -0.39 is 17.5 Å². The van der Waals surface area contributed by atoms with E-state index in [2.05, 4.69) is 10.3 Å². The van der Waals surface area contributed by atoms with Gasteiger partial charge >= 0.3 is 0 Å². The Morgan fingerprint density at radius 3 is 2.57 bits per heavy atom. The van der Waals surface area contributed by atoms with Crippen LogP contribution in [0.3, 0.4) is 0 Å². The molecule has 0 bridgehead atoms. The van der Waals surface area contributed by atoms with E-state index >= 15 is 0 Å². The van der Waals surface area contributed by atoms with Gasteiger partial charge in [0.2, 0.25) is 5.91 Å². The number of carbonyl (C=O) groups is 2. The Kier molecular flexibility index (Phi) is 4.58. The second kappa shape index (κ2) is 7.07. The van der Waals surface area contributed by atoms with Crippen LogP contribution in [0.15, 0.2) is 42.5 Å². The first-order valence-corrected chi connectivity index (χ1v) is 9.10. The van der Waals surface area contributed by atoms with Crippen molar-refractivity contribution in [3.05, 3.63) is 65.4 Å². The molecule has 3 aromatic rings. The lowest BCUT2D eigenvalue weighted by atomic mass is 10.1. The molecular formula is C21H19F2N3O2. The van der Waals surface area contributed by atoms with E-state index in [1.165, 1.54) is 0 Å². The van der Waals surface area contributed by atoms with E-state index in [-0.39, 0.29) is 23.3 Å². The van der Waals surface area contributed by atoms with Crippen molar-refractivity contribution in [1.82, 2.24) is 9.88 Å². The number of aromatic nitrogens is 1. The number of rotatable bonds is 4. The number of halogens is 2. The molecular weight excluding hydrogens is 364 g/mol. The Morgan fingerprint density at radius 1 is 1.14 bits per heavy atom. The van der Waals surface area contributed by atoms with Gasteiger partial charge in [-0.15, -0.1) is 0 Å². The third-order valence-electron chi connectivity index (χ3n) is 5.07. The summed E-state index contributed by atoms with van der Waals surface area (Å²) in [6.45, 7) is 2.74. The zero-order valence-electron chi connectivity index (χ0n) is 15.3. The monoisotopic (exact) mass is 383 g/mol. The van der Waals surface area contributed by atoms with Gasteiger partial charge in [0.1, 0.15) is 17.3 Å². The third kappa shape index (κ3) is 3.47. The molecule has 2 N–H and O–H groups in total. The molecule has 4 rings (SSSR count). The van der Waals surface area contributed by atoms with Crippen molar-refractivity contribution in [3.8, 4) is 0 Å². The molecule has 1 aliphatic rings. The number of fused-ring (bicyclic) bond motifs is 1. The summed E-state index contributed by atoms with van der Waals surface area (Å²) in [6, 6.07) is 10.2. The topological polar surface area (TPSA) is 65.2 Å². The van der Waals surface area contributed by atoms with Crippen LogP contribution < -0.4 is 5.32 Å². The van der Waals surface area contributed by atoms with Gasteiger partial charge in [0.25, 0.3) is 5.91 Å². The maximum atomic E-state index is 13.3. The summed E-state index contributed by atoms with van der Waals surface area (Å²) in [4.78, 5) is 29.3. The lowest BCUT2D eigenvalue weighted by molar-refractivity contribution is -0.129. The Morgan fingerprint density at radius 2 is 1.89 bits per heavy atom. The van der Waals surface area contributed by atoms with Gasteiger partial charge < -0.3 is 15.2 Å². The van der Waals surface area contributed by atoms with Crippen LogP contribution in [0.2, 0.25) is 0 Å². The first-order valence-electron chi connectivity index (χ1n) is 9.10. The quantitative estimate of drug-likeness (QED) is 0.702. The second-order valence-electron chi connectivity index (χ2n) is 7.01. The van der Waals surface area contributed by atoms with E-state index in [0.717, 1.165) is 47.6 Å².